The van der Waals surface area contributed by atoms with Gasteiger partial charge in [0.25, 0.3) is 0 Å². The van der Waals surface area contributed by atoms with Crippen LogP contribution in [-0.2, 0) is 6.42 Å². The number of hydrogen-bond acceptors (Lipinski definition) is 0. The summed E-state index contributed by atoms with van der Waals surface area (Å²) in [4.78, 5) is 0.351. The average molecular weight is 480 g/mol. The van der Waals surface area contributed by atoms with Crippen molar-refractivity contribution in [2.45, 2.75) is 18.2 Å². The van der Waals surface area contributed by atoms with Gasteiger partial charge in [-0.15, -0.1) is 0 Å². The number of halogens is 3. The molecule has 0 amide bonds. The third-order valence-electron chi connectivity index (χ3n) is 2.83. The van der Waals surface area contributed by atoms with Crippen LogP contribution in [0.1, 0.15) is 21.5 Å². The lowest BCUT2D eigenvalue weighted by atomic mass is 10.0. The van der Waals surface area contributed by atoms with Crippen molar-refractivity contribution < 1.29 is 0 Å². The number of hydrogen-bond donors (Lipinski definition) is 0. The van der Waals surface area contributed by atoms with Crippen LogP contribution in [0.25, 0.3) is 0 Å². The molecule has 0 saturated heterocycles. The molecule has 0 fully saturated rings. The third-order valence-corrected chi connectivity index (χ3v) is 5.12. The van der Waals surface area contributed by atoms with Gasteiger partial charge in [0.15, 0.2) is 0 Å². The minimum atomic E-state index is 0.351. The van der Waals surface area contributed by atoms with E-state index >= 15 is 0 Å². The topological polar surface area (TPSA) is 0 Å². The molecule has 1 atom stereocenters. The molecule has 0 aromatic heterocycles. The van der Waals surface area contributed by atoms with Crippen LogP contribution in [0.3, 0.4) is 0 Å². The van der Waals surface area contributed by atoms with E-state index in [9.17, 15) is 0 Å². The molecule has 2 aromatic rings. The zero-order chi connectivity index (χ0) is 13.1. The summed E-state index contributed by atoms with van der Waals surface area (Å²) in [5.74, 6) is 0. The molecule has 0 aliphatic carbocycles. The average Bonchev–Trinajstić information content (AvgIpc) is 2.35. The molecule has 0 spiro atoms. The van der Waals surface area contributed by atoms with Crippen molar-refractivity contribution in [2.24, 2.45) is 0 Å². The molecular formula is C15H13Br2I. The van der Waals surface area contributed by atoms with Crippen LogP contribution in [0.2, 0.25) is 0 Å². The van der Waals surface area contributed by atoms with Crippen molar-refractivity contribution in [1.29, 1.82) is 0 Å². The van der Waals surface area contributed by atoms with Crippen molar-refractivity contribution in [2.75, 3.05) is 0 Å². The first-order chi connectivity index (χ1) is 8.56. The second-order valence-corrected chi connectivity index (χ2v) is 7.51. The van der Waals surface area contributed by atoms with Crippen molar-refractivity contribution in [3.8, 4) is 0 Å². The van der Waals surface area contributed by atoms with E-state index in [0.717, 1.165) is 10.9 Å². The fraction of sp³-hybridized carbons (Fsp3) is 0.200. The number of aryl methyl sites for hydroxylation is 1. The zero-order valence-corrected chi connectivity index (χ0v) is 15.3. The first-order valence-corrected chi connectivity index (χ1v) is 8.49. The normalized spacial score (nSPS) is 12.4. The smallest absolute Gasteiger partial charge is 0.0446 e. The molecule has 3 heteroatoms. The Balaban J connectivity index is 2.18. The molecule has 94 valence electrons. The maximum atomic E-state index is 3.80. The lowest BCUT2D eigenvalue weighted by molar-refractivity contribution is 0.941. The highest BCUT2D eigenvalue weighted by atomic mass is 127. The lowest BCUT2D eigenvalue weighted by Crippen LogP contribution is -1.98. The Hall–Kier alpha value is 0.130. The molecule has 2 rings (SSSR count). The molecule has 0 aliphatic rings. The quantitative estimate of drug-likeness (QED) is 0.372. The van der Waals surface area contributed by atoms with Crippen molar-refractivity contribution in [3.63, 3.8) is 0 Å². The lowest BCUT2D eigenvalue weighted by Gasteiger charge is -2.13. The number of alkyl halides is 1. The monoisotopic (exact) mass is 478 g/mol. The Labute approximate surface area is 139 Å². The fourth-order valence-electron chi connectivity index (χ4n) is 1.80. The highest BCUT2D eigenvalue weighted by Crippen LogP contribution is 2.32. The molecular weight excluding hydrogens is 467 g/mol. The van der Waals surface area contributed by atoms with E-state index < -0.39 is 0 Å². The predicted octanol–water partition coefficient (Wildman–Crippen LogP) is 6.04. The van der Waals surface area contributed by atoms with E-state index in [2.05, 4.69) is 104 Å². The van der Waals surface area contributed by atoms with Crippen LogP contribution in [0.15, 0.2) is 46.9 Å². The Bertz CT molecular complexity index is 535. The highest BCUT2D eigenvalue weighted by molar-refractivity contribution is 14.1. The van der Waals surface area contributed by atoms with Crippen LogP contribution in [0.4, 0.5) is 0 Å². The zero-order valence-electron chi connectivity index (χ0n) is 9.96. The second kappa shape index (κ2) is 6.53. The summed E-state index contributed by atoms with van der Waals surface area (Å²) in [7, 11) is 0. The number of rotatable bonds is 3. The Morgan fingerprint density at radius 1 is 1.11 bits per heavy atom. The van der Waals surface area contributed by atoms with E-state index in [0.29, 0.717) is 4.83 Å². The standard InChI is InChI=1S/C15H13Br2I/c1-10-2-4-11(5-3-10)8-14(17)13-9-12(16)6-7-15(13)18/h2-7,9,14H,8H2,1H3. The Kier molecular flexibility index (Phi) is 5.27. The summed E-state index contributed by atoms with van der Waals surface area (Å²) < 4.78 is 2.43. The fourth-order valence-corrected chi connectivity index (χ4v) is 4.07. The minimum Gasteiger partial charge on any atom is -0.0835 e. The van der Waals surface area contributed by atoms with Crippen LogP contribution >= 0.6 is 54.5 Å². The van der Waals surface area contributed by atoms with Gasteiger partial charge in [0, 0.05) is 12.9 Å². The van der Waals surface area contributed by atoms with Gasteiger partial charge in [0.05, 0.1) is 0 Å². The predicted molar refractivity (Wildman–Crippen MR) is 93.4 cm³/mol. The van der Waals surface area contributed by atoms with Gasteiger partial charge < -0.3 is 0 Å². The van der Waals surface area contributed by atoms with E-state index in [1.54, 1.807) is 0 Å². The first kappa shape index (κ1) is 14.5. The summed E-state index contributed by atoms with van der Waals surface area (Å²) in [6.07, 6.45) is 1.01. The van der Waals surface area contributed by atoms with Crippen molar-refractivity contribution >= 4 is 54.5 Å². The second-order valence-electron chi connectivity index (χ2n) is 4.32. The number of benzene rings is 2. The van der Waals surface area contributed by atoms with Gasteiger partial charge in [-0.1, -0.05) is 61.7 Å². The maximum Gasteiger partial charge on any atom is 0.0446 e. The van der Waals surface area contributed by atoms with Gasteiger partial charge in [0.1, 0.15) is 0 Å². The van der Waals surface area contributed by atoms with Crippen LogP contribution in [-0.4, -0.2) is 0 Å². The van der Waals surface area contributed by atoms with Gasteiger partial charge in [-0.3, -0.25) is 0 Å². The molecule has 2 aromatic carbocycles. The van der Waals surface area contributed by atoms with E-state index in [1.807, 2.05) is 0 Å². The van der Waals surface area contributed by atoms with Gasteiger partial charge in [-0.05, 0) is 65.3 Å². The Morgan fingerprint density at radius 3 is 2.44 bits per heavy atom. The van der Waals surface area contributed by atoms with Gasteiger partial charge >= 0.3 is 0 Å². The molecule has 0 saturated carbocycles. The highest BCUT2D eigenvalue weighted by Gasteiger charge is 2.12. The molecule has 0 bridgehead atoms. The minimum absolute atomic E-state index is 0.351. The molecule has 0 heterocycles. The van der Waals surface area contributed by atoms with Crippen LogP contribution in [0.5, 0.6) is 0 Å². The third kappa shape index (κ3) is 3.81. The molecule has 0 nitrogen and oxygen atoms in total. The van der Waals surface area contributed by atoms with Crippen LogP contribution in [0, 0.1) is 10.5 Å². The largest absolute Gasteiger partial charge is 0.0835 e. The molecule has 18 heavy (non-hydrogen) atoms. The van der Waals surface area contributed by atoms with E-state index in [1.165, 1.54) is 20.3 Å². The van der Waals surface area contributed by atoms with Crippen LogP contribution < -0.4 is 0 Å². The summed E-state index contributed by atoms with van der Waals surface area (Å²) >= 11 is 9.73. The van der Waals surface area contributed by atoms with Crippen molar-refractivity contribution in [3.05, 3.63) is 67.2 Å². The van der Waals surface area contributed by atoms with E-state index in [-0.39, 0.29) is 0 Å². The van der Waals surface area contributed by atoms with Crippen molar-refractivity contribution in [1.82, 2.24) is 0 Å². The molecule has 0 N–H and O–H groups in total. The first-order valence-electron chi connectivity index (χ1n) is 5.71. The van der Waals surface area contributed by atoms with Gasteiger partial charge in [-0.25, -0.2) is 0 Å². The summed E-state index contributed by atoms with van der Waals surface area (Å²) in [5.41, 5.74) is 4.01. The summed E-state index contributed by atoms with van der Waals surface area (Å²) in [6, 6.07) is 15.2. The van der Waals surface area contributed by atoms with Gasteiger partial charge in [-0.2, -0.15) is 0 Å². The van der Waals surface area contributed by atoms with E-state index in [4.69, 9.17) is 0 Å². The maximum absolute atomic E-state index is 3.80. The molecule has 0 radical (unpaired) electrons. The molecule has 0 aliphatic heterocycles. The molecule has 1 unspecified atom stereocenters. The summed E-state index contributed by atoms with van der Waals surface area (Å²) in [5, 5.41) is 0. The summed E-state index contributed by atoms with van der Waals surface area (Å²) in [6.45, 7) is 2.12. The van der Waals surface area contributed by atoms with Gasteiger partial charge in [0.2, 0.25) is 0 Å². The SMILES string of the molecule is Cc1ccc(CC(Br)c2cc(Br)ccc2I)cc1. The Morgan fingerprint density at radius 2 is 1.78 bits per heavy atom.